The Morgan fingerprint density at radius 2 is 2.08 bits per heavy atom. The number of fused-ring (bicyclic) bond motifs is 5. The highest BCUT2D eigenvalue weighted by Crippen LogP contribution is 2.38. The Kier molecular flexibility index (Phi) is 3.47. The zero-order chi connectivity index (χ0) is 17.7. The summed E-state index contributed by atoms with van der Waals surface area (Å²) in [5, 5.41) is 3.31. The van der Waals surface area contributed by atoms with E-state index in [4.69, 9.17) is 6.57 Å². The Morgan fingerprint density at radius 3 is 2.84 bits per heavy atom. The molecular formula is C17H18N6O2. The number of carbonyl (C=O) groups excluding carboxylic acids is 1. The normalized spacial score (nSPS) is 20.0. The third-order valence-corrected chi connectivity index (χ3v) is 5.05. The third kappa shape index (κ3) is 2.20. The van der Waals surface area contributed by atoms with E-state index in [9.17, 15) is 9.59 Å². The van der Waals surface area contributed by atoms with Crippen LogP contribution in [0.5, 0.6) is 0 Å². The number of hydrogen-bond acceptors (Lipinski definition) is 5. The van der Waals surface area contributed by atoms with E-state index in [2.05, 4.69) is 20.0 Å². The average Bonchev–Trinajstić information content (AvgIpc) is 2.74. The zero-order valence-corrected chi connectivity index (χ0v) is 14.1. The first-order chi connectivity index (χ1) is 12.0. The molecule has 1 fully saturated rings. The predicted octanol–water partition coefficient (Wildman–Crippen LogP) is 0.629. The molecular weight excluding hydrogens is 320 g/mol. The van der Waals surface area contributed by atoms with Crippen LogP contribution in [0.25, 0.3) is 15.9 Å². The molecule has 0 spiro atoms. The summed E-state index contributed by atoms with van der Waals surface area (Å²) in [7, 11) is 3.31. The molecule has 2 aromatic heterocycles. The molecule has 1 N–H and O–H groups in total. The summed E-state index contributed by atoms with van der Waals surface area (Å²) in [5.74, 6) is 0.188. The highest BCUT2D eigenvalue weighted by atomic mass is 16.2. The van der Waals surface area contributed by atoms with Gasteiger partial charge in [0.2, 0.25) is 11.4 Å². The van der Waals surface area contributed by atoms with E-state index < -0.39 is 0 Å². The van der Waals surface area contributed by atoms with E-state index in [-0.39, 0.29) is 23.3 Å². The number of hydrogen-bond donors (Lipinski definition) is 1. The first-order valence-electron chi connectivity index (χ1n) is 8.18. The van der Waals surface area contributed by atoms with Crippen LogP contribution in [-0.4, -0.2) is 48.2 Å². The highest BCUT2D eigenvalue weighted by Gasteiger charge is 2.37. The molecule has 2 aromatic rings. The van der Waals surface area contributed by atoms with Crippen molar-refractivity contribution in [2.45, 2.75) is 12.5 Å². The lowest BCUT2D eigenvalue weighted by atomic mass is 10.1. The smallest absolute Gasteiger partial charge is 0.277 e. The summed E-state index contributed by atoms with van der Waals surface area (Å²) in [5.41, 5.74) is 2.05. The summed E-state index contributed by atoms with van der Waals surface area (Å²) in [6.45, 7) is 9.39. The van der Waals surface area contributed by atoms with Crippen molar-refractivity contribution in [2.75, 3.05) is 36.5 Å². The van der Waals surface area contributed by atoms with Gasteiger partial charge in [-0.3, -0.25) is 9.59 Å². The fourth-order valence-electron chi connectivity index (χ4n) is 3.71. The Bertz CT molecular complexity index is 989. The first-order valence-corrected chi connectivity index (χ1v) is 8.18. The SMILES string of the molecule is [C-]#[N+]c1ccc2c(n1)c1c(c(=O)n2C)N(C)C(=O)CC2CNCCN12. The van der Waals surface area contributed by atoms with Crippen LogP contribution in [0.2, 0.25) is 0 Å². The minimum Gasteiger partial charge on any atom is -0.361 e. The number of rotatable bonds is 0. The summed E-state index contributed by atoms with van der Waals surface area (Å²) < 4.78 is 1.50. The minimum atomic E-state index is -0.227. The van der Waals surface area contributed by atoms with Crippen LogP contribution in [0.1, 0.15) is 6.42 Å². The second-order valence-corrected chi connectivity index (χ2v) is 6.42. The summed E-state index contributed by atoms with van der Waals surface area (Å²) >= 11 is 0. The molecule has 25 heavy (non-hydrogen) atoms. The molecule has 2 aliphatic rings. The second-order valence-electron chi connectivity index (χ2n) is 6.42. The second kappa shape index (κ2) is 5.57. The van der Waals surface area contributed by atoms with Gasteiger partial charge in [-0.05, 0) is 12.1 Å². The van der Waals surface area contributed by atoms with Gasteiger partial charge < -0.3 is 24.5 Å². The lowest BCUT2D eigenvalue weighted by molar-refractivity contribution is -0.118. The van der Waals surface area contributed by atoms with Gasteiger partial charge in [0.15, 0.2) is 0 Å². The average molecular weight is 338 g/mol. The molecule has 0 saturated carbocycles. The molecule has 4 heterocycles. The lowest BCUT2D eigenvalue weighted by Crippen LogP contribution is -2.52. The number of amides is 1. The topological polar surface area (TPSA) is 74.8 Å². The number of aromatic nitrogens is 2. The molecule has 0 radical (unpaired) electrons. The maximum absolute atomic E-state index is 13.0. The lowest BCUT2D eigenvalue weighted by Gasteiger charge is -2.36. The van der Waals surface area contributed by atoms with Crippen molar-refractivity contribution in [1.29, 1.82) is 0 Å². The van der Waals surface area contributed by atoms with Crippen molar-refractivity contribution >= 4 is 34.1 Å². The molecule has 1 amide bonds. The Hall–Kier alpha value is -2.92. The Labute approximate surface area is 144 Å². The molecule has 4 rings (SSSR count). The standard InChI is InChI=1S/C17H18N6O2/c1-18-12-5-4-11-14(20-12)15-16(17(25)21(11)2)22(3)13(24)8-10-9-19-6-7-23(10)15/h4-5,10,19H,6-9H2,2-3H3. The number of nitrogens with zero attached hydrogens (tertiary/aromatic N) is 5. The van der Waals surface area contributed by atoms with Crippen molar-refractivity contribution in [3.05, 3.63) is 33.9 Å². The molecule has 8 heteroatoms. The van der Waals surface area contributed by atoms with E-state index >= 15 is 0 Å². The third-order valence-electron chi connectivity index (χ3n) is 5.05. The van der Waals surface area contributed by atoms with E-state index in [1.165, 1.54) is 9.47 Å². The first kappa shape index (κ1) is 15.6. The highest BCUT2D eigenvalue weighted by molar-refractivity contribution is 6.05. The number of pyridine rings is 2. The van der Waals surface area contributed by atoms with Crippen molar-refractivity contribution in [3.8, 4) is 0 Å². The number of nitrogens with one attached hydrogen (secondary N) is 1. The van der Waals surface area contributed by atoms with Crippen LogP contribution in [-0.2, 0) is 11.8 Å². The predicted molar refractivity (Wildman–Crippen MR) is 95.3 cm³/mol. The molecule has 2 aliphatic heterocycles. The fourth-order valence-corrected chi connectivity index (χ4v) is 3.71. The zero-order valence-electron chi connectivity index (χ0n) is 14.1. The van der Waals surface area contributed by atoms with Gasteiger partial charge in [0.05, 0.1) is 11.6 Å². The monoisotopic (exact) mass is 338 g/mol. The summed E-state index contributed by atoms with van der Waals surface area (Å²) in [6, 6.07) is 3.34. The van der Waals surface area contributed by atoms with Crippen LogP contribution in [0.3, 0.4) is 0 Å². The number of aryl methyl sites for hydroxylation is 1. The molecule has 0 bridgehead atoms. The number of carbonyl (C=O) groups is 1. The Balaban J connectivity index is 2.14. The van der Waals surface area contributed by atoms with E-state index in [1.807, 2.05) is 0 Å². The van der Waals surface area contributed by atoms with Crippen molar-refractivity contribution in [1.82, 2.24) is 14.9 Å². The van der Waals surface area contributed by atoms with Crippen LogP contribution in [0, 0.1) is 6.57 Å². The number of anilines is 2. The van der Waals surface area contributed by atoms with E-state index in [0.717, 1.165) is 6.54 Å². The van der Waals surface area contributed by atoms with Gasteiger partial charge >= 0.3 is 0 Å². The van der Waals surface area contributed by atoms with Gasteiger partial charge in [0.1, 0.15) is 11.4 Å². The maximum Gasteiger partial charge on any atom is 0.277 e. The largest absolute Gasteiger partial charge is 0.361 e. The van der Waals surface area contributed by atoms with Crippen molar-refractivity contribution < 1.29 is 4.79 Å². The molecule has 1 unspecified atom stereocenters. The van der Waals surface area contributed by atoms with Crippen molar-refractivity contribution in [3.63, 3.8) is 0 Å². The van der Waals surface area contributed by atoms with E-state index in [0.29, 0.717) is 41.9 Å². The molecule has 128 valence electrons. The molecule has 1 saturated heterocycles. The number of piperazine rings is 1. The maximum atomic E-state index is 13.0. The van der Waals surface area contributed by atoms with Crippen LogP contribution < -0.4 is 20.7 Å². The molecule has 8 nitrogen and oxygen atoms in total. The summed E-state index contributed by atoms with van der Waals surface area (Å²) in [6.07, 6.45) is 0.339. The quantitative estimate of drug-likeness (QED) is 0.713. The minimum absolute atomic E-state index is 0.0290. The Morgan fingerprint density at radius 1 is 1.28 bits per heavy atom. The molecule has 0 aliphatic carbocycles. The van der Waals surface area contributed by atoms with Crippen LogP contribution in [0.15, 0.2) is 16.9 Å². The van der Waals surface area contributed by atoms with Crippen molar-refractivity contribution in [2.24, 2.45) is 7.05 Å². The molecule has 1 atom stereocenters. The fraction of sp³-hybridized carbons (Fsp3) is 0.412. The van der Waals surface area contributed by atoms with Gasteiger partial charge in [-0.15, -0.1) is 4.98 Å². The van der Waals surface area contributed by atoms with Gasteiger partial charge in [-0.2, -0.15) is 0 Å². The van der Waals surface area contributed by atoms with Gasteiger partial charge in [0, 0.05) is 40.2 Å². The molecule has 0 aromatic carbocycles. The van der Waals surface area contributed by atoms with Gasteiger partial charge in [0.25, 0.3) is 11.4 Å². The summed E-state index contributed by atoms with van der Waals surface area (Å²) in [4.78, 5) is 37.1. The van der Waals surface area contributed by atoms with Gasteiger partial charge in [-0.25, -0.2) is 0 Å². The van der Waals surface area contributed by atoms with Crippen LogP contribution in [0.4, 0.5) is 17.2 Å². The van der Waals surface area contributed by atoms with Gasteiger partial charge in [-0.1, -0.05) is 6.57 Å². The van der Waals surface area contributed by atoms with E-state index in [1.54, 1.807) is 26.2 Å². The van der Waals surface area contributed by atoms with Crippen LogP contribution >= 0.6 is 0 Å².